The summed E-state index contributed by atoms with van der Waals surface area (Å²) in [5, 5.41) is 15.2. The monoisotopic (exact) mass is 2000 g/mol. The molecule has 0 saturated carbocycles. The van der Waals surface area contributed by atoms with Crippen LogP contribution in [0.15, 0.2) is 331 Å². The number of carbonyl (C=O) groups excluding carboxylic acids is 6. The second-order valence-electron chi connectivity index (χ2n) is 30.1. The van der Waals surface area contributed by atoms with Gasteiger partial charge in [-0.15, -0.1) is 0 Å². The van der Waals surface area contributed by atoms with Crippen molar-refractivity contribution in [3.8, 4) is 74.7 Å². The molecule has 18 aromatic rings. The standard InChI is InChI=1S/C18H14FN3O3.C18H14FN3O2.2C17H12F2N4O2.C17H13FN4O2.C16H10F2N4O2/c1-24-15-4-2-3-12(5-15)18(23)22-14-6-13(19)7-16(8-14)25-17-9-20-11-21-10-17;1-12-3-2-4-13(5-12)18(23)22-15-6-14(19)7-16(8-15)24-17-9-20-11-21-10-17;1-10-2-3-14(22-6-10)17(24)23-11-4-13(18)16(19)15(5-11)25-12-7-20-9-21-8-12;1-10-3-2-4-14(22-10)17(24)23-11-5-13(18)16(19)15(6-11)25-12-7-20-9-21-8-12;1-11-2-3-16(21-7-11)17(23)22-13-4-12(18)5-14(6-13)24-15-8-19-10-20-9-15;17-10-1-2-21-15(5-10)16(23)22-12-3-11(18)4-13(6-12)24-14-7-19-9-20-8-14/h2-11H,1H3,(H,22,23);2-11H,1H3,(H,22,23);2*2-9H,1H3,(H,23,24);2-10H,1H3,(H,22,23);1-9H,(H,22,23). The SMILES string of the molecule is COc1cccc(C(=O)Nc2cc(F)cc(Oc3cncnc3)c2)c1.Cc1ccc(C(=O)Nc2cc(F)c(F)c(Oc3cncnc3)c2)nc1.Cc1ccc(C(=O)Nc2cc(F)cc(Oc3cncnc3)c2)nc1.Cc1cccc(C(=O)Nc2cc(F)c(F)c(Oc3cncnc3)c2)n1.Cc1cccc(C(=O)Nc2cc(F)cc(Oc3cncnc3)c2)c1.O=C(Nc1cc(F)cc(Oc2cncnc2)c1)c1cc(F)ccn1. The molecule has 0 fully saturated rings. The molecule has 147 heavy (non-hydrogen) atoms. The van der Waals surface area contributed by atoms with Gasteiger partial charge in [-0.1, -0.05) is 42.0 Å². The summed E-state index contributed by atoms with van der Waals surface area (Å²) in [6.07, 6.45) is 29.0. The van der Waals surface area contributed by atoms with Crippen LogP contribution in [0, 0.1) is 80.0 Å². The number of hydrogen-bond acceptors (Lipinski definition) is 29. The third-order valence-corrected chi connectivity index (χ3v) is 18.6. The molecular formula is C103H75F9N22O13. The van der Waals surface area contributed by atoms with E-state index in [4.69, 9.17) is 33.2 Å². The maximum Gasteiger partial charge on any atom is 0.274 e. The molecule has 44 heteroatoms. The summed E-state index contributed by atoms with van der Waals surface area (Å²) < 4.78 is 161. The van der Waals surface area contributed by atoms with E-state index in [2.05, 4.69) is 112 Å². The average Bonchev–Trinajstić information content (AvgIpc) is 0.828. The van der Waals surface area contributed by atoms with Gasteiger partial charge in [0.05, 0.1) is 81.5 Å². The fourth-order valence-corrected chi connectivity index (χ4v) is 12.2. The molecular weight excluding hydrogens is 1920 g/mol. The van der Waals surface area contributed by atoms with Crippen LogP contribution in [-0.4, -0.2) is 122 Å². The number of rotatable bonds is 25. The van der Waals surface area contributed by atoms with Crippen LogP contribution in [0.1, 0.15) is 85.1 Å². The number of amides is 6. The molecule has 0 aliphatic carbocycles. The van der Waals surface area contributed by atoms with Crippen molar-refractivity contribution in [2.24, 2.45) is 0 Å². The van der Waals surface area contributed by atoms with E-state index < -0.39 is 93.4 Å². The Hall–Kier alpha value is -20.4. The van der Waals surface area contributed by atoms with Crippen LogP contribution in [0.4, 0.5) is 73.6 Å². The Balaban J connectivity index is 0.000000147. The summed E-state index contributed by atoms with van der Waals surface area (Å²) in [5.74, 6) is -8.21. The highest BCUT2D eigenvalue weighted by Crippen LogP contribution is 2.35. The third kappa shape index (κ3) is 32.9. The van der Waals surface area contributed by atoms with Crippen LogP contribution >= 0.6 is 0 Å². The molecule has 0 radical (unpaired) electrons. The van der Waals surface area contributed by atoms with Crippen LogP contribution in [0.5, 0.6) is 74.7 Å². The lowest BCUT2D eigenvalue weighted by Crippen LogP contribution is -2.14. The first-order valence-electron chi connectivity index (χ1n) is 42.8. The van der Waals surface area contributed by atoms with E-state index in [0.29, 0.717) is 51.3 Å². The van der Waals surface area contributed by atoms with Crippen LogP contribution < -0.4 is 65.1 Å². The molecule has 35 nitrogen and oxygen atoms in total. The molecule has 0 aliphatic heterocycles. The topological polar surface area (TPSA) is 445 Å². The zero-order chi connectivity index (χ0) is 104. The maximum atomic E-state index is 13.9. The Morgan fingerprint density at radius 2 is 0.565 bits per heavy atom. The number of methoxy groups -OCH3 is 1. The van der Waals surface area contributed by atoms with Crippen LogP contribution in [0.3, 0.4) is 0 Å². The fraction of sp³-hybridized carbons (Fsp3) is 0.0485. The van der Waals surface area contributed by atoms with Crippen molar-refractivity contribution < 1.29 is 101 Å². The molecule has 8 aromatic carbocycles. The number of nitrogens with one attached hydrogen (secondary N) is 6. The van der Waals surface area contributed by atoms with E-state index in [-0.39, 0.29) is 91.6 Å². The highest BCUT2D eigenvalue weighted by molar-refractivity contribution is 6.07. The third-order valence-electron chi connectivity index (χ3n) is 18.6. The minimum absolute atomic E-state index is 0.0260. The molecule has 6 amide bonds. The largest absolute Gasteiger partial charge is 0.497 e. The Kier molecular flexibility index (Phi) is 36.4. The lowest BCUT2D eigenvalue weighted by Gasteiger charge is -2.10. The normalized spacial score (nSPS) is 10.3. The summed E-state index contributed by atoms with van der Waals surface area (Å²) in [7, 11) is 1.51. The Labute approximate surface area is 828 Å². The quantitative estimate of drug-likeness (QED) is 0.0289. The summed E-state index contributed by atoms with van der Waals surface area (Å²) >= 11 is 0. The highest BCUT2D eigenvalue weighted by Gasteiger charge is 2.22. The second-order valence-corrected chi connectivity index (χ2v) is 30.1. The van der Waals surface area contributed by atoms with Gasteiger partial charge in [0.2, 0.25) is 11.6 Å². The van der Waals surface area contributed by atoms with Gasteiger partial charge in [0.1, 0.15) is 119 Å². The first-order valence-corrected chi connectivity index (χ1v) is 42.8. The molecule has 18 rings (SSSR count). The molecule has 0 aliphatic rings. The van der Waals surface area contributed by atoms with Gasteiger partial charge in [-0.05, 0) is 124 Å². The fourth-order valence-electron chi connectivity index (χ4n) is 12.2. The van der Waals surface area contributed by atoms with E-state index in [1.165, 1.54) is 211 Å². The number of halogens is 9. The van der Waals surface area contributed by atoms with Gasteiger partial charge in [-0.3, -0.25) is 43.7 Å². The van der Waals surface area contributed by atoms with Crippen LogP contribution in [0.25, 0.3) is 0 Å². The van der Waals surface area contributed by atoms with Crippen molar-refractivity contribution in [3.05, 3.63) is 440 Å². The first-order chi connectivity index (χ1) is 71.0. The zero-order valence-corrected chi connectivity index (χ0v) is 77.0. The van der Waals surface area contributed by atoms with Gasteiger partial charge < -0.3 is 65.1 Å². The Morgan fingerprint density at radius 1 is 0.245 bits per heavy atom. The predicted octanol–water partition coefficient (Wildman–Crippen LogP) is 21.2. The predicted molar refractivity (Wildman–Crippen MR) is 514 cm³/mol. The Bertz CT molecular complexity index is 7470. The molecule has 0 spiro atoms. The van der Waals surface area contributed by atoms with Gasteiger partial charge in [0.25, 0.3) is 35.4 Å². The molecule has 738 valence electrons. The summed E-state index contributed by atoms with van der Waals surface area (Å²) in [4.78, 5) is 134. The second kappa shape index (κ2) is 51.5. The summed E-state index contributed by atoms with van der Waals surface area (Å²) in [6, 6.07) is 46.9. The van der Waals surface area contributed by atoms with Gasteiger partial charge in [0, 0.05) is 148 Å². The van der Waals surface area contributed by atoms with Crippen LogP contribution in [-0.2, 0) is 0 Å². The minimum atomic E-state index is -1.18. The number of nitrogens with zero attached hydrogens (tertiary/aromatic N) is 16. The smallest absolute Gasteiger partial charge is 0.274 e. The van der Waals surface area contributed by atoms with E-state index in [9.17, 15) is 68.3 Å². The number of ether oxygens (including phenoxy) is 7. The molecule has 0 atom stereocenters. The number of hydrogen-bond donors (Lipinski definition) is 6. The number of anilines is 6. The molecule has 10 aromatic heterocycles. The molecule has 10 heterocycles. The molecule has 0 bridgehead atoms. The van der Waals surface area contributed by atoms with Crippen molar-refractivity contribution in [3.63, 3.8) is 0 Å². The van der Waals surface area contributed by atoms with E-state index >= 15 is 0 Å². The first kappa shape index (κ1) is 104. The Morgan fingerprint density at radius 3 is 0.898 bits per heavy atom. The van der Waals surface area contributed by atoms with Gasteiger partial charge in [-0.2, -0.15) is 8.78 Å². The molecule has 6 N–H and O–H groups in total. The molecule has 0 saturated heterocycles. The number of aromatic nitrogens is 16. The maximum absolute atomic E-state index is 13.9. The van der Waals surface area contributed by atoms with Gasteiger partial charge in [-0.25, -0.2) is 95.5 Å². The number of aryl methyl sites for hydroxylation is 4. The van der Waals surface area contributed by atoms with Crippen molar-refractivity contribution in [2.45, 2.75) is 27.7 Å². The average molecular weight is 2000 g/mol. The molecule has 0 unspecified atom stereocenters. The van der Waals surface area contributed by atoms with E-state index in [0.717, 1.165) is 59.2 Å². The van der Waals surface area contributed by atoms with Gasteiger partial charge in [0.15, 0.2) is 57.6 Å². The van der Waals surface area contributed by atoms with E-state index in [1.54, 1.807) is 85.9 Å². The van der Waals surface area contributed by atoms with E-state index in [1.807, 2.05) is 26.8 Å². The lowest BCUT2D eigenvalue weighted by atomic mass is 10.1. The van der Waals surface area contributed by atoms with Crippen molar-refractivity contribution in [1.29, 1.82) is 0 Å². The zero-order valence-electron chi connectivity index (χ0n) is 77.0. The van der Waals surface area contributed by atoms with Gasteiger partial charge >= 0.3 is 0 Å². The lowest BCUT2D eigenvalue weighted by molar-refractivity contribution is 0.101. The summed E-state index contributed by atoms with van der Waals surface area (Å²) in [6.45, 7) is 7.34. The number of pyridine rings is 4. The van der Waals surface area contributed by atoms with Crippen LogP contribution in [0.2, 0.25) is 0 Å². The van der Waals surface area contributed by atoms with Crippen molar-refractivity contribution >= 4 is 69.6 Å². The number of carbonyl (C=O) groups is 6. The highest BCUT2D eigenvalue weighted by atomic mass is 19.2. The minimum Gasteiger partial charge on any atom is -0.497 e. The van der Waals surface area contributed by atoms with Crippen molar-refractivity contribution in [1.82, 2.24) is 79.7 Å². The summed E-state index contributed by atoms with van der Waals surface area (Å²) in [5.41, 5.74) is 5.78. The van der Waals surface area contributed by atoms with Crippen molar-refractivity contribution in [2.75, 3.05) is 39.0 Å². The number of benzene rings is 8.